The van der Waals surface area contributed by atoms with E-state index in [2.05, 4.69) is 12.2 Å². The smallest absolute Gasteiger partial charge is 0.237 e. The van der Waals surface area contributed by atoms with Crippen LogP contribution in [0.2, 0.25) is 0 Å². The van der Waals surface area contributed by atoms with E-state index < -0.39 is 6.04 Å². The van der Waals surface area contributed by atoms with Crippen molar-refractivity contribution in [3.8, 4) is 0 Å². The Morgan fingerprint density at radius 1 is 1.41 bits per heavy atom. The molecular formula is C13H28N2O2. The molecule has 0 aliphatic rings. The molecule has 0 aromatic carbocycles. The van der Waals surface area contributed by atoms with Gasteiger partial charge in [-0.1, -0.05) is 40.5 Å². The molecule has 3 N–H and O–H groups in total. The van der Waals surface area contributed by atoms with Crippen LogP contribution in [-0.4, -0.2) is 31.7 Å². The van der Waals surface area contributed by atoms with E-state index in [1.54, 1.807) is 7.11 Å². The summed E-state index contributed by atoms with van der Waals surface area (Å²) < 4.78 is 5.11. The van der Waals surface area contributed by atoms with Gasteiger partial charge in [0.25, 0.3) is 0 Å². The first kappa shape index (κ1) is 16.4. The van der Waals surface area contributed by atoms with Crippen molar-refractivity contribution in [2.24, 2.45) is 11.1 Å². The molecule has 0 rings (SSSR count). The van der Waals surface area contributed by atoms with E-state index in [1.807, 2.05) is 20.8 Å². The summed E-state index contributed by atoms with van der Waals surface area (Å²) in [5.41, 5.74) is 5.70. The van der Waals surface area contributed by atoms with Crippen LogP contribution in [0.4, 0.5) is 0 Å². The number of rotatable bonds is 7. The third-order valence-electron chi connectivity index (χ3n) is 2.84. The summed E-state index contributed by atoms with van der Waals surface area (Å²) in [4.78, 5) is 11.9. The monoisotopic (exact) mass is 244 g/mol. The highest BCUT2D eigenvalue weighted by Crippen LogP contribution is 2.17. The van der Waals surface area contributed by atoms with E-state index in [0.717, 1.165) is 19.3 Å². The molecule has 0 aliphatic heterocycles. The Bertz CT molecular complexity index is 224. The largest absolute Gasteiger partial charge is 0.383 e. The standard InChI is InChI=1S/C13H28N2O2/c1-6-7-8-10(9-17-5)15-12(16)11(14)13(2,3)4/h10-11H,6-9,14H2,1-5H3,(H,15,16)/t10?,11-/m1/s1. The van der Waals surface area contributed by atoms with Gasteiger partial charge in [0, 0.05) is 7.11 Å². The van der Waals surface area contributed by atoms with Crippen molar-refractivity contribution in [3.05, 3.63) is 0 Å². The lowest BCUT2D eigenvalue weighted by molar-refractivity contribution is -0.125. The van der Waals surface area contributed by atoms with Gasteiger partial charge in [0.05, 0.1) is 18.7 Å². The Kier molecular flexibility index (Phi) is 7.39. The molecule has 0 aliphatic carbocycles. The molecule has 0 saturated heterocycles. The molecule has 0 saturated carbocycles. The summed E-state index contributed by atoms with van der Waals surface area (Å²) >= 11 is 0. The molecule has 0 aromatic rings. The normalized spacial score (nSPS) is 15.4. The lowest BCUT2D eigenvalue weighted by atomic mass is 9.87. The highest BCUT2D eigenvalue weighted by atomic mass is 16.5. The van der Waals surface area contributed by atoms with Crippen molar-refractivity contribution < 1.29 is 9.53 Å². The third-order valence-corrected chi connectivity index (χ3v) is 2.84. The van der Waals surface area contributed by atoms with Crippen molar-refractivity contribution in [1.29, 1.82) is 0 Å². The SMILES string of the molecule is CCCCC(COC)NC(=O)[C@@H](N)C(C)(C)C. The van der Waals surface area contributed by atoms with Crippen molar-refractivity contribution >= 4 is 5.91 Å². The molecule has 0 aromatic heterocycles. The highest BCUT2D eigenvalue weighted by molar-refractivity contribution is 5.82. The first-order valence-electron chi connectivity index (χ1n) is 6.37. The van der Waals surface area contributed by atoms with Crippen LogP contribution >= 0.6 is 0 Å². The fourth-order valence-electron chi connectivity index (χ4n) is 1.53. The summed E-state index contributed by atoms with van der Waals surface area (Å²) in [6, 6.07) is -0.413. The molecule has 2 atom stereocenters. The minimum Gasteiger partial charge on any atom is -0.383 e. The fourth-order valence-corrected chi connectivity index (χ4v) is 1.53. The summed E-state index contributed by atoms with van der Waals surface area (Å²) in [6.45, 7) is 8.58. The molecule has 4 nitrogen and oxygen atoms in total. The zero-order valence-corrected chi connectivity index (χ0v) is 11.9. The predicted octanol–water partition coefficient (Wildman–Crippen LogP) is 1.68. The minimum atomic E-state index is -0.483. The van der Waals surface area contributed by atoms with E-state index in [9.17, 15) is 4.79 Å². The fraction of sp³-hybridized carbons (Fsp3) is 0.923. The topological polar surface area (TPSA) is 64.3 Å². The summed E-state index contributed by atoms with van der Waals surface area (Å²) in [5, 5.41) is 2.97. The number of carbonyl (C=O) groups is 1. The van der Waals surface area contributed by atoms with Crippen LogP contribution in [0.1, 0.15) is 47.0 Å². The van der Waals surface area contributed by atoms with Crippen LogP contribution in [0.25, 0.3) is 0 Å². The maximum Gasteiger partial charge on any atom is 0.237 e. The van der Waals surface area contributed by atoms with Gasteiger partial charge in [-0.25, -0.2) is 0 Å². The van der Waals surface area contributed by atoms with E-state index in [-0.39, 0.29) is 17.4 Å². The number of nitrogens with two attached hydrogens (primary N) is 1. The molecule has 0 radical (unpaired) electrons. The van der Waals surface area contributed by atoms with Crippen molar-refractivity contribution in [1.82, 2.24) is 5.32 Å². The zero-order valence-electron chi connectivity index (χ0n) is 11.9. The Morgan fingerprint density at radius 3 is 2.41 bits per heavy atom. The van der Waals surface area contributed by atoms with Crippen LogP contribution < -0.4 is 11.1 Å². The Labute approximate surface area is 105 Å². The molecule has 0 fully saturated rings. The minimum absolute atomic E-state index is 0.0702. The number of hydrogen-bond acceptors (Lipinski definition) is 3. The number of methoxy groups -OCH3 is 1. The Morgan fingerprint density at radius 2 is 2.00 bits per heavy atom. The van der Waals surface area contributed by atoms with E-state index >= 15 is 0 Å². The molecule has 1 amide bonds. The maximum absolute atomic E-state index is 11.9. The number of ether oxygens (including phenoxy) is 1. The van der Waals surface area contributed by atoms with E-state index in [0.29, 0.717) is 6.61 Å². The average Bonchev–Trinajstić information content (AvgIpc) is 2.23. The summed E-state index contributed by atoms with van der Waals surface area (Å²) in [7, 11) is 1.65. The highest BCUT2D eigenvalue weighted by Gasteiger charge is 2.28. The molecule has 17 heavy (non-hydrogen) atoms. The van der Waals surface area contributed by atoms with Crippen LogP contribution in [0, 0.1) is 5.41 Å². The lowest BCUT2D eigenvalue weighted by Gasteiger charge is -2.28. The molecular weight excluding hydrogens is 216 g/mol. The van der Waals surface area contributed by atoms with Gasteiger partial charge in [0.1, 0.15) is 0 Å². The summed E-state index contributed by atoms with van der Waals surface area (Å²) in [5.74, 6) is -0.0874. The van der Waals surface area contributed by atoms with Crippen LogP contribution in [0.5, 0.6) is 0 Å². The van der Waals surface area contributed by atoms with Crippen LogP contribution in [0.3, 0.4) is 0 Å². The van der Waals surface area contributed by atoms with Crippen LogP contribution in [-0.2, 0) is 9.53 Å². The van der Waals surface area contributed by atoms with Gasteiger partial charge < -0.3 is 15.8 Å². The Hall–Kier alpha value is -0.610. The average molecular weight is 244 g/mol. The number of carbonyl (C=O) groups excluding carboxylic acids is 1. The lowest BCUT2D eigenvalue weighted by Crippen LogP contribution is -2.52. The maximum atomic E-state index is 11.9. The second kappa shape index (κ2) is 7.67. The number of unbranched alkanes of at least 4 members (excludes halogenated alkanes) is 1. The van der Waals surface area contributed by atoms with E-state index in [4.69, 9.17) is 10.5 Å². The van der Waals surface area contributed by atoms with Gasteiger partial charge in [0.15, 0.2) is 0 Å². The van der Waals surface area contributed by atoms with E-state index in [1.165, 1.54) is 0 Å². The number of amides is 1. The Balaban J connectivity index is 4.29. The quantitative estimate of drug-likeness (QED) is 0.716. The van der Waals surface area contributed by atoms with Gasteiger partial charge in [-0.05, 0) is 11.8 Å². The van der Waals surface area contributed by atoms with Crippen molar-refractivity contribution in [2.45, 2.75) is 59.0 Å². The second-order valence-electron chi connectivity index (χ2n) is 5.65. The second-order valence-corrected chi connectivity index (χ2v) is 5.65. The van der Waals surface area contributed by atoms with Gasteiger partial charge in [-0.3, -0.25) is 4.79 Å². The zero-order chi connectivity index (χ0) is 13.5. The molecule has 4 heteroatoms. The molecule has 0 bridgehead atoms. The van der Waals surface area contributed by atoms with Crippen LogP contribution in [0.15, 0.2) is 0 Å². The van der Waals surface area contributed by atoms with Gasteiger partial charge in [-0.2, -0.15) is 0 Å². The first-order valence-corrected chi connectivity index (χ1v) is 6.37. The number of nitrogens with one attached hydrogen (secondary N) is 1. The van der Waals surface area contributed by atoms with Gasteiger partial charge in [0.2, 0.25) is 5.91 Å². The number of hydrogen-bond donors (Lipinski definition) is 2. The third kappa shape index (κ3) is 6.64. The predicted molar refractivity (Wildman–Crippen MR) is 70.8 cm³/mol. The molecule has 0 heterocycles. The van der Waals surface area contributed by atoms with Gasteiger partial charge >= 0.3 is 0 Å². The molecule has 1 unspecified atom stereocenters. The summed E-state index contributed by atoms with van der Waals surface area (Å²) in [6.07, 6.45) is 3.13. The van der Waals surface area contributed by atoms with Gasteiger partial charge in [-0.15, -0.1) is 0 Å². The molecule has 0 spiro atoms. The van der Waals surface area contributed by atoms with Crippen molar-refractivity contribution in [3.63, 3.8) is 0 Å². The van der Waals surface area contributed by atoms with Crippen molar-refractivity contribution in [2.75, 3.05) is 13.7 Å². The molecule has 102 valence electrons. The first-order chi connectivity index (χ1) is 7.82.